The van der Waals surface area contributed by atoms with Gasteiger partial charge in [-0.05, 0) is 90.4 Å². The molecule has 0 spiro atoms. The van der Waals surface area contributed by atoms with E-state index < -0.39 is 0 Å². The van der Waals surface area contributed by atoms with Gasteiger partial charge in [0.15, 0.2) is 0 Å². The van der Waals surface area contributed by atoms with Crippen LogP contribution in [0.2, 0.25) is 0 Å². The Hall–Kier alpha value is 0.670. The van der Waals surface area contributed by atoms with E-state index in [4.69, 9.17) is 4.74 Å². The molecule has 0 unspecified atom stereocenters. The molecule has 0 fully saturated rings. The monoisotopic (exact) mass is 646 g/mol. The Kier molecular flexibility index (Phi) is 23.4. The number of carbonyl (C=O) groups is 1. The molecular formula is C26H48I2O2. The maximum atomic E-state index is 11.5. The number of carbonyl (C=O) groups excluding carboxylic acids is 1. The quantitative estimate of drug-likeness (QED) is 0.0705. The van der Waals surface area contributed by atoms with Gasteiger partial charge in [-0.3, -0.25) is 4.79 Å². The summed E-state index contributed by atoms with van der Waals surface area (Å²) in [4.78, 5) is 11.5. The van der Waals surface area contributed by atoms with Crippen LogP contribution in [-0.4, -0.2) is 12.6 Å². The van der Waals surface area contributed by atoms with E-state index in [1.165, 1.54) is 96.3 Å². The van der Waals surface area contributed by atoms with Crippen molar-refractivity contribution in [3.05, 3.63) is 7.16 Å². The third-order valence-electron chi connectivity index (χ3n) is 5.40. The molecule has 30 heavy (non-hydrogen) atoms. The second-order valence-electron chi connectivity index (χ2n) is 9.09. The van der Waals surface area contributed by atoms with Crippen LogP contribution in [-0.2, 0) is 9.53 Å². The summed E-state index contributed by atoms with van der Waals surface area (Å²) < 4.78 is 8.42. The van der Waals surface area contributed by atoms with Crippen molar-refractivity contribution in [3.63, 3.8) is 0 Å². The molecule has 0 rings (SSSR count). The Morgan fingerprint density at radius 3 is 1.40 bits per heavy atom. The first-order chi connectivity index (χ1) is 14.5. The second kappa shape index (κ2) is 22.8. The SMILES string of the molecule is CCCCCCCC/C(I)=C(/I)CCCCCCCCCCCC(=O)OCC(C)C. The standard InChI is InChI=1S/C26H48I2O2/c1-4-5-6-7-13-16-19-24(27)25(28)20-17-14-11-9-8-10-12-15-18-21-26(29)30-22-23(2)3/h23H,4-22H2,1-3H3/b25-24-. The summed E-state index contributed by atoms with van der Waals surface area (Å²) in [5.41, 5.74) is 0. The van der Waals surface area contributed by atoms with Crippen molar-refractivity contribution >= 4 is 51.2 Å². The van der Waals surface area contributed by atoms with Crippen molar-refractivity contribution < 1.29 is 9.53 Å². The number of allylic oxidation sites excluding steroid dienone is 2. The normalized spacial score (nSPS) is 12.3. The molecule has 0 aliphatic rings. The fraction of sp³-hybridized carbons (Fsp3) is 0.885. The molecule has 0 aromatic rings. The Labute approximate surface area is 215 Å². The van der Waals surface area contributed by atoms with Gasteiger partial charge in [0.1, 0.15) is 0 Å². The molecule has 0 aliphatic heterocycles. The van der Waals surface area contributed by atoms with Crippen LogP contribution in [0, 0.1) is 5.92 Å². The number of esters is 1. The van der Waals surface area contributed by atoms with Crippen LogP contribution in [0.25, 0.3) is 0 Å². The highest BCUT2D eigenvalue weighted by Crippen LogP contribution is 2.29. The number of hydrogen-bond donors (Lipinski definition) is 0. The molecule has 0 saturated heterocycles. The lowest BCUT2D eigenvalue weighted by Crippen LogP contribution is -2.09. The van der Waals surface area contributed by atoms with E-state index in [0.29, 0.717) is 18.9 Å². The van der Waals surface area contributed by atoms with Crippen molar-refractivity contribution in [2.75, 3.05) is 6.61 Å². The minimum atomic E-state index is -0.0194. The maximum Gasteiger partial charge on any atom is 0.305 e. The van der Waals surface area contributed by atoms with E-state index in [0.717, 1.165) is 12.8 Å². The molecule has 0 saturated carbocycles. The minimum absolute atomic E-state index is 0.0194. The van der Waals surface area contributed by atoms with Gasteiger partial charge in [0.2, 0.25) is 0 Å². The zero-order valence-electron chi connectivity index (χ0n) is 20.1. The first kappa shape index (κ1) is 30.7. The molecule has 0 aliphatic carbocycles. The number of unbranched alkanes of at least 4 members (excludes halogenated alkanes) is 13. The van der Waals surface area contributed by atoms with Gasteiger partial charge in [-0.2, -0.15) is 0 Å². The lowest BCUT2D eigenvalue weighted by molar-refractivity contribution is -0.144. The summed E-state index contributed by atoms with van der Waals surface area (Å²) in [6, 6.07) is 0. The van der Waals surface area contributed by atoms with Crippen molar-refractivity contribution in [1.29, 1.82) is 0 Å². The van der Waals surface area contributed by atoms with Gasteiger partial charge in [-0.25, -0.2) is 0 Å². The molecule has 0 amide bonds. The number of rotatable bonds is 21. The van der Waals surface area contributed by atoms with Crippen LogP contribution in [0.4, 0.5) is 0 Å². The van der Waals surface area contributed by atoms with E-state index >= 15 is 0 Å². The van der Waals surface area contributed by atoms with E-state index in [2.05, 4.69) is 66.0 Å². The average molecular weight is 646 g/mol. The summed E-state index contributed by atoms with van der Waals surface area (Å²) in [5, 5.41) is 0. The summed E-state index contributed by atoms with van der Waals surface area (Å²) in [6.45, 7) is 6.99. The second-order valence-corrected chi connectivity index (χ2v) is 11.7. The molecule has 0 atom stereocenters. The summed E-state index contributed by atoms with van der Waals surface area (Å²) in [7, 11) is 0. The van der Waals surface area contributed by atoms with Crippen molar-refractivity contribution in [1.82, 2.24) is 0 Å². The van der Waals surface area contributed by atoms with Gasteiger partial charge >= 0.3 is 5.97 Å². The van der Waals surface area contributed by atoms with Gasteiger partial charge in [0.25, 0.3) is 0 Å². The fourth-order valence-electron chi connectivity index (χ4n) is 3.45. The van der Waals surface area contributed by atoms with Gasteiger partial charge < -0.3 is 4.74 Å². The summed E-state index contributed by atoms with van der Waals surface area (Å²) in [6.07, 6.45) is 23.0. The Morgan fingerprint density at radius 2 is 1.00 bits per heavy atom. The lowest BCUT2D eigenvalue weighted by Gasteiger charge is -2.07. The predicted octanol–water partition coefficient (Wildman–Crippen LogP) is 10.3. The molecule has 0 bridgehead atoms. The van der Waals surface area contributed by atoms with Crippen LogP contribution in [0.5, 0.6) is 0 Å². The smallest absolute Gasteiger partial charge is 0.305 e. The minimum Gasteiger partial charge on any atom is -0.465 e. The van der Waals surface area contributed by atoms with E-state index in [9.17, 15) is 4.79 Å². The van der Waals surface area contributed by atoms with E-state index in [1.807, 2.05) is 0 Å². The molecule has 0 radical (unpaired) electrons. The van der Waals surface area contributed by atoms with Crippen molar-refractivity contribution in [3.8, 4) is 0 Å². The van der Waals surface area contributed by atoms with Gasteiger partial charge in [0.05, 0.1) is 6.61 Å². The average Bonchev–Trinajstić information content (AvgIpc) is 2.72. The topological polar surface area (TPSA) is 26.3 Å². The fourth-order valence-corrected chi connectivity index (χ4v) is 4.75. The highest BCUT2D eigenvalue weighted by atomic mass is 127. The van der Waals surface area contributed by atoms with Crippen LogP contribution in [0.3, 0.4) is 0 Å². The zero-order valence-corrected chi connectivity index (χ0v) is 24.4. The molecule has 4 heteroatoms. The molecule has 0 N–H and O–H groups in total. The molecule has 0 aromatic heterocycles. The van der Waals surface area contributed by atoms with Gasteiger partial charge in [-0.15, -0.1) is 0 Å². The van der Waals surface area contributed by atoms with Gasteiger partial charge in [0, 0.05) is 6.42 Å². The van der Waals surface area contributed by atoms with E-state index in [1.54, 1.807) is 7.16 Å². The molecule has 2 nitrogen and oxygen atoms in total. The first-order valence-electron chi connectivity index (χ1n) is 12.7. The third-order valence-corrected chi connectivity index (χ3v) is 8.81. The highest BCUT2D eigenvalue weighted by Gasteiger charge is 2.04. The van der Waals surface area contributed by atoms with Crippen LogP contribution >= 0.6 is 45.2 Å². The predicted molar refractivity (Wildman–Crippen MR) is 150 cm³/mol. The Morgan fingerprint density at radius 1 is 0.633 bits per heavy atom. The number of ether oxygens (including phenoxy) is 1. The Bertz CT molecular complexity index is 433. The van der Waals surface area contributed by atoms with E-state index in [-0.39, 0.29) is 5.97 Å². The Balaban J connectivity index is 3.44. The van der Waals surface area contributed by atoms with Crippen LogP contribution in [0.15, 0.2) is 7.16 Å². The van der Waals surface area contributed by atoms with Crippen LogP contribution < -0.4 is 0 Å². The zero-order chi connectivity index (χ0) is 22.5. The molecule has 0 heterocycles. The van der Waals surface area contributed by atoms with Crippen LogP contribution in [0.1, 0.15) is 136 Å². The largest absolute Gasteiger partial charge is 0.465 e. The van der Waals surface area contributed by atoms with Crippen molar-refractivity contribution in [2.24, 2.45) is 5.92 Å². The van der Waals surface area contributed by atoms with Gasteiger partial charge in [-0.1, -0.05) is 97.8 Å². The molecular weight excluding hydrogens is 598 g/mol. The van der Waals surface area contributed by atoms with Crippen molar-refractivity contribution in [2.45, 2.75) is 136 Å². The number of hydrogen-bond acceptors (Lipinski definition) is 2. The summed E-state index contributed by atoms with van der Waals surface area (Å²) >= 11 is 5.16. The maximum absolute atomic E-state index is 11.5. The summed E-state index contributed by atoms with van der Waals surface area (Å²) in [5.74, 6) is 0.413. The molecule has 0 aromatic carbocycles. The molecule has 178 valence electrons. The highest BCUT2D eigenvalue weighted by molar-refractivity contribution is 14.1. The first-order valence-corrected chi connectivity index (χ1v) is 14.8. The lowest BCUT2D eigenvalue weighted by atomic mass is 10.1. The third kappa shape index (κ3) is 21.9. The number of halogens is 2.